The number of sulfonamides is 1. The molecule has 4 heteroatoms. The molecular weight excluding hydrogens is 282 g/mol. The molecule has 2 aromatic carbocycles. The van der Waals surface area contributed by atoms with E-state index in [9.17, 15) is 8.42 Å². The van der Waals surface area contributed by atoms with Crippen molar-refractivity contribution < 1.29 is 8.42 Å². The van der Waals surface area contributed by atoms with Crippen LogP contribution in [0.25, 0.3) is 0 Å². The number of hydrogen-bond donors (Lipinski definition) is 1. The van der Waals surface area contributed by atoms with E-state index in [0.717, 1.165) is 29.5 Å². The first-order chi connectivity index (χ1) is 9.97. The third-order valence-corrected chi connectivity index (χ3v) is 5.68. The second kappa shape index (κ2) is 5.28. The van der Waals surface area contributed by atoms with Gasteiger partial charge in [0.2, 0.25) is 10.0 Å². The predicted molar refractivity (Wildman–Crippen MR) is 83.7 cm³/mol. The topological polar surface area (TPSA) is 46.2 Å². The first kappa shape index (κ1) is 14.3. The highest BCUT2D eigenvalue weighted by atomic mass is 32.2. The van der Waals surface area contributed by atoms with E-state index >= 15 is 0 Å². The van der Waals surface area contributed by atoms with Gasteiger partial charge in [-0.05, 0) is 55.0 Å². The predicted octanol–water partition coefficient (Wildman–Crippen LogP) is 3.27. The molecule has 0 unspecified atom stereocenters. The van der Waals surface area contributed by atoms with Crippen molar-refractivity contribution in [2.45, 2.75) is 37.6 Å². The Morgan fingerprint density at radius 3 is 2.67 bits per heavy atom. The summed E-state index contributed by atoms with van der Waals surface area (Å²) in [6, 6.07) is 13.4. The number of aryl methyl sites for hydroxylation is 3. The minimum Gasteiger partial charge on any atom is -0.207 e. The molecule has 1 N–H and O–H groups in total. The van der Waals surface area contributed by atoms with Crippen LogP contribution in [0.5, 0.6) is 0 Å². The first-order valence-electron chi connectivity index (χ1n) is 7.15. The number of hydrogen-bond acceptors (Lipinski definition) is 2. The van der Waals surface area contributed by atoms with Gasteiger partial charge in [0.15, 0.2) is 0 Å². The summed E-state index contributed by atoms with van der Waals surface area (Å²) < 4.78 is 28.2. The highest BCUT2D eigenvalue weighted by molar-refractivity contribution is 7.89. The lowest BCUT2D eigenvalue weighted by Crippen LogP contribution is -2.28. The van der Waals surface area contributed by atoms with Gasteiger partial charge in [-0.3, -0.25) is 0 Å². The SMILES string of the molecule is Cc1ccc(C)c(S(=O)(=O)N[C@@H]2CCc3ccccc32)c1. The molecule has 2 aromatic rings. The molecule has 0 bridgehead atoms. The molecule has 110 valence electrons. The van der Waals surface area contributed by atoms with E-state index in [0.29, 0.717) is 4.90 Å². The Labute approximate surface area is 126 Å². The van der Waals surface area contributed by atoms with E-state index in [1.807, 2.05) is 44.2 Å². The summed E-state index contributed by atoms with van der Waals surface area (Å²) in [4.78, 5) is 0.381. The molecule has 0 radical (unpaired) electrons. The zero-order valence-electron chi connectivity index (χ0n) is 12.3. The first-order valence-corrected chi connectivity index (χ1v) is 8.63. The monoisotopic (exact) mass is 301 g/mol. The van der Waals surface area contributed by atoms with E-state index in [1.54, 1.807) is 6.07 Å². The average Bonchev–Trinajstić information content (AvgIpc) is 2.84. The van der Waals surface area contributed by atoms with Crippen molar-refractivity contribution >= 4 is 10.0 Å². The number of benzene rings is 2. The molecule has 21 heavy (non-hydrogen) atoms. The zero-order chi connectivity index (χ0) is 15.0. The van der Waals surface area contributed by atoms with Crippen LogP contribution in [0.2, 0.25) is 0 Å². The molecule has 0 aromatic heterocycles. The normalized spacial score (nSPS) is 17.7. The molecule has 1 atom stereocenters. The lowest BCUT2D eigenvalue weighted by molar-refractivity contribution is 0.554. The molecule has 0 heterocycles. The summed E-state index contributed by atoms with van der Waals surface area (Å²) in [6.45, 7) is 3.74. The fourth-order valence-corrected chi connectivity index (χ4v) is 4.51. The van der Waals surface area contributed by atoms with Crippen LogP contribution < -0.4 is 4.72 Å². The molecular formula is C17H19NO2S. The molecule has 0 spiro atoms. The molecule has 0 aliphatic heterocycles. The average molecular weight is 301 g/mol. The highest BCUT2D eigenvalue weighted by Crippen LogP contribution is 2.32. The molecule has 3 nitrogen and oxygen atoms in total. The Hall–Kier alpha value is -1.65. The quantitative estimate of drug-likeness (QED) is 0.945. The van der Waals surface area contributed by atoms with Crippen molar-refractivity contribution in [3.8, 4) is 0 Å². The summed E-state index contributed by atoms with van der Waals surface area (Å²) in [5.41, 5.74) is 4.07. The minimum absolute atomic E-state index is 0.119. The zero-order valence-corrected chi connectivity index (χ0v) is 13.1. The standard InChI is InChI=1S/C17H19NO2S/c1-12-7-8-13(2)17(11-12)21(19,20)18-16-10-9-14-5-3-4-6-15(14)16/h3-8,11,16,18H,9-10H2,1-2H3/t16-/m1/s1. The minimum atomic E-state index is -3.49. The molecule has 0 saturated heterocycles. The maximum Gasteiger partial charge on any atom is 0.241 e. The summed E-state index contributed by atoms with van der Waals surface area (Å²) in [7, 11) is -3.49. The van der Waals surface area contributed by atoms with E-state index < -0.39 is 10.0 Å². The third-order valence-electron chi connectivity index (χ3n) is 4.06. The largest absolute Gasteiger partial charge is 0.241 e. The van der Waals surface area contributed by atoms with Gasteiger partial charge in [0.1, 0.15) is 0 Å². The summed E-state index contributed by atoms with van der Waals surface area (Å²) >= 11 is 0. The van der Waals surface area contributed by atoms with Gasteiger partial charge >= 0.3 is 0 Å². The molecule has 0 saturated carbocycles. The Bertz CT molecular complexity index is 781. The van der Waals surface area contributed by atoms with Crippen LogP contribution in [0.1, 0.15) is 34.7 Å². The lowest BCUT2D eigenvalue weighted by atomic mass is 10.1. The highest BCUT2D eigenvalue weighted by Gasteiger charge is 2.27. The number of fused-ring (bicyclic) bond motifs is 1. The van der Waals surface area contributed by atoms with Crippen LogP contribution in [0.3, 0.4) is 0 Å². The number of rotatable bonds is 3. The van der Waals surface area contributed by atoms with Crippen molar-refractivity contribution in [1.29, 1.82) is 0 Å². The molecule has 0 amide bonds. The second-order valence-electron chi connectivity index (χ2n) is 5.68. The van der Waals surface area contributed by atoms with Gasteiger partial charge in [0.05, 0.1) is 4.90 Å². The van der Waals surface area contributed by atoms with E-state index in [2.05, 4.69) is 10.8 Å². The number of nitrogens with one attached hydrogen (secondary N) is 1. The van der Waals surface area contributed by atoms with Crippen molar-refractivity contribution in [2.75, 3.05) is 0 Å². The maximum absolute atomic E-state index is 12.7. The van der Waals surface area contributed by atoms with Crippen molar-refractivity contribution in [3.63, 3.8) is 0 Å². The van der Waals surface area contributed by atoms with E-state index in [4.69, 9.17) is 0 Å². The summed E-state index contributed by atoms with van der Waals surface area (Å²) in [5, 5.41) is 0. The Morgan fingerprint density at radius 2 is 1.86 bits per heavy atom. The van der Waals surface area contributed by atoms with Gasteiger partial charge < -0.3 is 0 Å². The van der Waals surface area contributed by atoms with Crippen LogP contribution >= 0.6 is 0 Å². The van der Waals surface area contributed by atoms with Gasteiger partial charge in [-0.2, -0.15) is 0 Å². The van der Waals surface area contributed by atoms with Gasteiger partial charge in [0, 0.05) is 6.04 Å². The second-order valence-corrected chi connectivity index (χ2v) is 7.36. The third kappa shape index (κ3) is 2.74. The van der Waals surface area contributed by atoms with Gasteiger partial charge in [-0.25, -0.2) is 13.1 Å². The van der Waals surface area contributed by atoms with E-state index in [1.165, 1.54) is 5.56 Å². The van der Waals surface area contributed by atoms with Gasteiger partial charge in [-0.15, -0.1) is 0 Å². The fourth-order valence-electron chi connectivity index (χ4n) is 2.93. The lowest BCUT2D eigenvalue weighted by Gasteiger charge is -2.16. The van der Waals surface area contributed by atoms with Crippen molar-refractivity contribution in [1.82, 2.24) is 4.72 Å². The molecule has 0 fully saturated rings. The summed E-state index contributed by atoms with van der Waals surface area (Å²) in [5.74, 6) is 0. The Morgan fingerprint density at radius 1 is 1.10 bits per heavy atom. The summed E-state index contributed by atoms with van der Waals surface area (Å²) in [6.07, 6.45) is 1.75. The van der Waals surface area contributed by atoms with Crippen molar-refractivity contribution in [2.24, 2.45) is 0 Å². The smallest absolute Gasteiger partial charge is 0.207 e. The van der Waals surface area contributed by atoms with Gasteiger partial charge in [-0.1, -0.05) is 36.4 Å². The van der Waals surface area contributed by atoms with Crippen LogP contribution in [0.4, 0.5) is 0 Å². The molecule has 1 aliphatic rings. The van der Waals surface area contributed by atoms with Gasteiger partial charge in [0.25, 0.3) is 0 Å². The van der Waals surface area contributed by atoms with E-state index in [-0.39, 0.29) is 6.04 Å². The Kier molecular flexibility index (Phi) is 3.59. The van der Waals surface area contributed by atoms with Crippen LogP contribution in [0, 0.1) is 13.8 Å². The fraction of sp³-hybridized carbons (Fsp3) is 0.294. The molecule has 3 rings (SSSR count). The van der Waals surface area contributed by atoms with Crippen LogP contribution in [0.15, 0.2) is 47.4 Å². The van der Waals surface area contributed by atoms with Crippen LogP contribution in [-0.4, -0.2) is 8.42 Å². The maximum atomic E-state index is 12.7. The molecule has 1 aliphatic carbocycles. The van der Waals surface area contributed by atoms with Crippen molar-refractivity contribution in [3.05, 3.63) is 64.7 Å². The Balaban J connectivity index is 1.93. The van der Waals surface area contributed by atoms with Crippen LogP contribution in [-0.2, 0) is 16.4 Å².